The van der Waals surface area contributed by atoms with Crippen molar-refractivity contribution in [2.24, 2.45) is 0 Å². The van der Waals surface area contributed by atoms with Crippen molar-refractivity contribution in [3.63, 3.8) is 0 Å². The van der Waals surface area contributed by atoms with Crippen molar-refractivity contribution < 1.29 is 25.8 Å². The molecule has 0 N–H and O–H groups in total. The van der Waals surface area contributed by atoms with E-state index in [1.807, 2.05) is 11.3 Å². The third kappa shape index (κ3) is 11.5. The molecule has 0 aliphatic rings. The fourth-order valence-corrected chi connectivity index (χ4v) is 6.66. The van der Waals surface area contributed by atoms with Gasteiger partial charge in [-0.1, -0.05) is 111 Å². The number of para-hydroxylation sites is 1. The molecular weight excluding hydrogens is 757 g/mol. The molecule has 0 aliphatic heterocycles. The third-order valence-corrected chi connectivity index (χ3v) is 8.48. The van der Waals surface area contributed by atoms with Crippen molar-refractivity contribution >= 4 is 38.4 Å². The number of thiazole rings is 1. The molecule has 8 heteroatoms. The molecule has 0 saturated carbocycles. The number of aryl methyl sites for hydroxylation is 1. The number of nitrogens with zero attached hydrogens (tertiary/aromatic N) is 5. The van der Waals surface area contributed by atoms with Gasteiger partial charge in [-0.15, -0.1) is 28.4 Å². The van der Waals surface area contributed by atoms with Crippen LogP contribution in [0.2, 0.25) is 0 Å². The van der Waals surface area contributed by atoms with E-state index in [1.54, 1.807) is 53.6 Å². The van der Waals surface area contributed by atoms with Crippen LogP contribution in [0.1, 0.15) is 72.1 Å². The van der Waals surface area contributed by atoms with Gasteiger partial charge in [0.05, 0.1) is 10.7 Å². The molecule has 5 aromatic rings. The first-order valence-electron chi connectivity index (χ1n) is 14.9. The molecule has 5 nitrogen and oxygen atoms in total. The van der Waals surface area contributed by atoms with E-state index < -0.39 is 0 Å². The smallest absolute Gasteiger partial charge is 0.672 e. The number of thiophene rings is 1. The Labute approximate surface area is 299 Å². The van der Waals surface area contributed by atoms with Gasteiger partial charge in [-0.3, -0.25) is 0 Å². The molecule has 238 valence electrons. The van der Waals surface area contributed by atoms with Crippen molar-refractivity contribution in [1.29, 1.82) is 0 Å². The summed E-state index contributed by atoms with van der Waals surface area (Å²) in [4.78, 5) is 6.53. The van der Waals surface area contributed by atoms with E-state index in [4.69, 9.17) is 10.3 Å². The van der Waals surface area contributed by atoms with Gasteiger partial charge in [0.15, 0.2) is 0 Å². The number of hydrogen-bond acceptors (Lipinski definition) is 3. The SMILES string of the molecule is C[N-]C.C[N-]C.C[N-]C.Cc1sc2ccccc2c1-c1csc(C([N-]c2c(C(C)C)cccc2C(C)C)c2ccccc2)n1.[Hf+4]. The molecule has 5 rings (SSSR count). The first-order chi connectivity index (χ1) is 21.2. The van der Waals surface area contributed by atoms with E-state index in [0.717, 1.165) is 16.4 Å². The van der Waals surface area contributed by atoms with Gasteiger partial charge in [-0.2, -0.15) is 42.3 Å². The Balaban J connectivity index is 0.000000910. The molecule has 45 heavy (non-hydrogen) atoms. The van der Waals surface area contributed by atoms with Crippen molar-refractivity contribution in [3.05, 3.63) is 126 Å². The van der Waals surface area contributed by atoms with E-state index >= 15 is 0 Å². The van der Waals surface area contributed by atoms with Gasteiger partial charge < -0.3 is 21.3 Å². The molecule has 0 radical (unpaired) electrons. The van der Waals surface area contributed by atoms with E-state index in [9.17, 15) is 0 Å². The summed E-state index contributed by atoms with van der Waals surface area (Å²) >= 11 is 3.56. The Bertz CT molecular complexity index is 1480. The second-order valence-electron chi connectivity index (χ2n) is 11.0. The Hall–Kier alpha value is -2.20. The monoisotopic (exact) mass is 807 g/mol. The van der Waals surface area contributed by atoms with Crippen molar-refractivity contribution in [1.82, 2.24) is 4.98 Å². The minimum absolute atomic E-state index is 0. The van der Waals surface area contributed by atoms with Crippen LogP contribution in [0.5, 0.6) is 0 Å². The van der Waals surface area contributed by atoms with Crippen molar-refractivity contribution in [2.45, 2.75) is 52.5 Å². The van der Waals surface area contributed by atoms with Crippen LogP contribution in [0.25, 0.3) is 42.6 Å². The summed E-state index contributed by atoms with van der Waals surface area (Å²) in [6.45, 7) is 11.2. The summed E-state index contributed by atoms with van der Waals surface area (Å²) in [5.74, 6) is 0.797. The number of rotatable bonds is 7. The minimum atomic E-state index is -0.141. The summed E-state index contributed by atoms with van der Waals surface area (Å²) in [6.07, 6.45) is 0. The molecule has 0 fully saturated rings. The van der Waals surface area contributed by atoms with E-state index in [-0.39, 0.29) is 31.9 Å². The van der Waals surface area contributed by atoms with Crippen molar-refractivity contribution in [2.75, 3.05) is 42.3 Å². The standard InChI is InChI=1S/C31H31N2S2.3C2H6N.Hf/c1-19(2)23-15-11-16-24(20(3)4)30(23)33-29(22-12-7-6-8-13-22)31-32-26(18-34-31)28-21(5)35-27-17-10-9-14-25(27)28;3*1-3-2;/h6-20,29H,1-5H3;3*1-2H3;/q4*-1;+4. The maximum absolute atomic E-state index is 5.47. The predicted molar refractivity (Wildman–Crippen MR) is 199 cm³/mol. The Morgan fingerprint density at radius 1 is 0.667 bits per heavy atom. The summed E-state index contributed by atoms with van der Waals surface area (Å²) in [5, 5.41) is 20.5. The fourth-order valence-electron chi connectivity index (χ4n) is 4.71. The van der Waals surface area contributed by atoms with Gasteiger partial charge in [0, 0.05) is 25.9 Å². The molecule has 2 aromatic heterocycles. The summed E-state index contributed by atoms with van der Waals surface area (Å²) in [7, 11) is 10.5. The van der Waals surface area contributed by atoms with Gasteiger partial charge in [-0.25, -0.2) is 4.98 Å². The maximum Gasteiger partial charge on any atom is 4.00 e. The van der Waals surface area contributed by atoms with Crippen molar-refractivity contribution in [3.8, 4) is 11.3 Å². The van der Waals surface area contributed by atoms with Crippen LogP contribution in [-0.2, 0) is 25.8 Å². The summed E-state index contributed by atoms with van der Waals surface area (Å²) in [5.41, 5.74) is 7.21. The molecule has 0 aliphatic carbocycles. The minimum Gasteiger partial charge on any atom is -0.672 e. The van der Waals surface area contributed by atoms with E-state index in [2.05, 4.69) is 129 Å². The molecule has 1 unspecified atom stereocenters. The van der Waals surface area contributed by atoms with Gasteiger partial charge in [-0.05, 0) is 30.9 Å². The van der Waals surface area contributed by atoms with Crippen LogP contribution < -0.4 is 0 Å². The van der Waals surface area contributed by atoms with Gasteiger partial charge in [0.2, 0.25) is 0 Å². The van der Waals surface area contributed by atoms with Crippen LogP contribution in [0.15, 0.2) is 78.2 Å². The number of hydrogen-bond donors (Lipinski definition) is 0. The van der Waals surface area contributed by atoms with E-state index in [0.29, 0.717) is 11.8 Å². The maximum atomic E-state index is 5.47. The molecule has 3 aromatic carbocycles. The van der Waals surface area contributed by atoms with Crippen LogP contribution in [-0.4, -0.2) is 47.3 Å². The Morgan fingerprint density at radius 2 is 1.18 bits per heavy atom. The quantitative estimate of drug-likeness (QED) is 0.151. The first-order valence-corrected chi connectivity index (χ1v) is 16.6. The molecule has 0 amide bonds. The molecule has 2 heterocycles. The number of aromatic nitrogens is 1. The molecule has 0 saturated heterocycles. The summed E-state index contributed by atoms with van der Waals surface area (Å²) in [6, 6.07) is 25.7. The number of benzene rings is 3. The second-order valence-corrected chi connectivity index (χ2v) is 13.1. The third-order valence-electron chi connectivity index (χ3n) is 6.50. The van der Waals surface area contributed by atoms with Crippen LogP contribution in [0.3, 0.4) is 0 Å². The average molecular weight is 806 g/mol. The number of fused-ring (bicyclic) bond motifs is 1. The Kier molecular flexibility index (Phi) is 19.6. The predicted octanol–water partition coefficient (Wildman–Crippen LogP) is 12.2. The average Bonchev–Trinajstić information content (AvgIpc) is 3.60. The van der Waals surface area contributed by atoms with Gasteiger partial charge in [0.25, 0.3) is 0 Å². The first kappa shape index (κ1) is 40.8. The zero-order valence-electron chi connectivity index (χ0n) is 28.8. The topological polar surface area (TPSA) is 69.3 Å². The normalized spacial score (nSPS) is 11.0. The molecule has 1 atom stereocenters. The zero-order valence-corrected chi connectivity index (χ0v) is 34.0. The summed E-state index contributed by atoms with van der Waals surface area (Å²) < 4.78 is 1.31. The van der Waals surface area contributed by atoms with Crippen LogP contribution in [0, 0.1) is 6.92 Å². The zero-order chi connectivity index (χ0) is 32.6. The second kappa shape index (κ2) is 21.6. The van der Waals surface area contributed by atoms with Crippen LogP contribution in [0.4, 0.5) is 5.69 Å². The largest absolute Gasteiger partial charge is 4.00 e. The van der Waals surface area contributed by atoms with Gasteiger partial charge >= 0.3 is 25.8 Å². The van der Waals surface area contributed by atoms with E-state index in [1.165, 1.54) is 37.2 Å². The molecule has 0 bridgehead atoms. The fraction of sp³-hybridized carbons (Fsp3) is 0.378. The Morgan fingerprint density at radius 3 is 1.71 bits per heavy atom. The molecular formula is C37H49HfN5S2. The molecule has 0 spiro atoms. The van der Waals surface area contributed by atoms with Gasteiger partial charge in [0.1, 0.15) is 0 Å². The van der Waals surface area contributed by atoms with Crippen LogP contribution >= 0.6 is 22.7 Å².